The van der Waals surface area contributed by atoms with Crippen molar-refractivity contribution in [3.05, 3.63) is 188 Å². The zero-order valence-electron chi connectivity index (χ0n) is 31.9. The molecule has 50 heavy (non-hydrogen) atoms. The van der Waals surface area contributed by atoms with Gasteiger partial charge in [-0.1, -0.05) is 170 Å². The fourth-order valence-corrected chi connectivity index (χ4v) is 6.54. The van der Waals surface area contributed by atoms with Crippen LogP contribution < -0.4 is 0 Å². The molecular weight excluding hydrogens is 607 g/mol. The lowest BCUT2D eigenvalue weighted by Crippen LogP contribution is -2.00. The first-order chi connectivity index (χ1) is 26.8. The Morgan fingerprint density at radius 2 is 0.880 bits per heavy atom. The highest BCUT2D eigenvalue weighted by molar-refractivity contribution is 6.04. The lowest BCUT2D eigenvalue weighted by atomic mass is 9.89. The molecule has 9 aromatic rings. The molecule has 3 heteroatoms. The first-order valence-corrected chi connectivity index (χ1v) is 16.4. The van der Waals surface area contributed by atoms with Crippen LogP contribution in [0.4, 0.5) is 0 Å². The number of fused-ring (bicyclic) bond motifs is 2. The SMILES string of the molecule is [2H]c1c([2H])c([2H])c(-c2ccc3cc(-c4nc(-c5ccccc5)nc(-c5cccc(-c6c(-c7ccccc7)ccc7ccccc67)c5)n4)ccc3c2)c([2H])c1[2H]. The Hall–Kier alpha value is -6.71. The molecule has 0 aliphatic heterocycles. The number of hydrogen-bond acceptors (Lipinski definition) is 3. The van der Waals surface area contributed by atoms with Gasteiger partial charge >= 0.3 is 0 Å². The van der Waals surface area contributed by atoms with E-state index in [1.165, 1.54) is 0 Å². The smallest absolute Gasteiger partial charge is 0.164 e. The van der Waals surface area contributed by atoms with E-state index in [9.17, 15) is 0 Å². The Morgan fingerprint density at radius 1 is 0.340 bits per heavy atom. The normalized spacial score (nSPS) is 12.6. The number of aromatic nitrogens is 3. The molecule has 0 amide bonds. The molecule has 234 valence electrons. The van der Waals surface area contributed by atoms with Crippen LogP contribution >= 0.6 is 0 Å². The average Bonchev–Trinajstić information content (AvgIpc) is 3.25. The van der Waals surface area contributed by atoms with Crippen LogP contribution in [0.25, 0.3) is 89.1 Å². The van der Waals surface area contributed by atoms with Gasteiger partial charge in [0, 0.05) is 16.7 Å². The van der Waals surface area contributed by atoms with Crippen LogP contribution in [0.5, 0.6) is 0 Å². The van der Waals surface area contributed by atoms with E-state index in [1.807, 2.05) is 72.8 Å². The van der Waals surface area contributed by atoms with Gasteiger partial charge < -0.3 is 0 Å². The third-order valence-corrected chi connectivity index (χ3v) is 8.98. The highest BCUT2D eigenvalue weighted by Crippen LogP contribution is 2.39. The van der Waals surface area contributed by atoms with Gasteiger partial charge in [-0.15, -0.1) is 0 Å². The van der Waals surface area contributed by atoms with E-state index in [0.717, 1.165) is 60.5 Å². The van der Waals surface area contributed by atoms with E-state index in [4.69, 9.17) is 21.8 Å². The number of hydrogen-bond donors (Lipinski definition) is 0. The lowest BCUT2D eigenvalue weighted by Gasteiger charge is -2.15. The van der Waals surface area contributed by atoms with Crippen molar-refractivity contribution in [3.63, 3.8) is 0 Å². The van der Waals surface area contributed by atoms with Crippen molar-refractivity contribution in [2.75, 3.05) is 0 Å². The minimum absolute atomic E-state index is 0.174. The van der Waals surface area contributed by atoms with Crippen LogP contribution in [-0.2, 0) is 0 Å². The van der Waals surface area contributed by atoms with Crippen molar-refractivity contribution in [1.82, 2.24) is 15.0 Å². The third kappa shape index (κ3) is 5.61. The van der Waals surface area contributed by atoms with Crippen molar-refractivity contribution >= 4 is 21.5 Å². The number of rotatable bonds is 6. The molecule has 1 aromatic heterocycles. The van der Waals surface area contributed by atoms with Crippen LogP contribution in [0.2, 0.25) is 0 Å². The van der Waals surface area contributed by atoms with Crippen LogP contribution in [-0.4, -0.2) is 15.0 Å². The Labute approximate surface area is 298 Å². The highest BCUT2D eigenvalue weighted by atomic mass is 15.0. The molecule has 9 rings (SSSR count). The topological polar surface area (TPSA) is 38.7 Å². The second-order valence-electron chi connectivity index (χ2n) is 12.1. The fraction of sp³-hybridized carbons (Fsp3) is 0. The van der Waals surface area contributed by atoms with E-state index >= 15 is 0 Å². The number of nitrogens with zero attached hydrogens (tertiary/aromatic N) is 3. The highest BCUT2D eigenvalue weighted by Gasteiger charge is 2.16. The molecule has 1 heterocycles. The zero-order valence-corrected chi connectivity index (χ0v) is 26.9. The third-order valence-electron chi connectivity index (χ3n) is 8.98. The van der Waals surface area contributed by atoms with Crippen molar-refractivity contribution in [2.24, 2.45) is 0 Å². The Kier molecular flexibility index (Phi) is 6.22. The minimum atomic E-state index is -0.409. The van der Waals surface area contributed by atoms with E-state index in [1.54, 1.807) is 6.07 Å². The summed E-state index contributed by atoms with van der Waals surface area (Å²) in [5.74, 6) is 1.61. The first-order valence-electron chi connectivity index (χ1n) is 18.9. The molecule has 3 nitrogen and oxygen atoms in total. The summed E-state index contributed by atoms with van der Waals surface area (Å²) in [6.45, 7) is 0. The second kappa shape index (κ2) is 12.7. The molecule has 0 radical (unpaired) electrons. The maximum atomic E-state index is 8.46. The average molecular weight is 643 g/mol. The van der Waals surface area contributed by atoms with E-state index < -0.39 is 6.04 Å². The van der Waals surface area contributed by atoms with Gasteiger partial charge in [-0.2, -0.15) is 0 Å². The van der Waals surface area contributed by atoms with E-state index in [2.05, 4.69) is 78.9 Å². The summed E-state index contributed by atoms with van der Waals surface area (Å²) < 4.78 is 41.2. The molecular formula is C47H31N3. The molecule has 0 fully saturated rings. The van der Waals surface area contributed by atoms with Gasteiger partial charge in [0.1, 0.15) is 0 Å². The lowest BCUT2D eigenvalue weighted by molar-refractivity contribution is 1.07. The van der Waals surface area contributed by atoms with Crippen molar-refractivity contribution < 1.29 is 6.85 Å². The summed E-state index contributed by atoms with van der Waals surface area (Å²) >= 11 is 0. The Balaban J connectivity index is 1.18. The summed E-state index contributed by atoms with van der Waals surface area (Å²) in [6.07, 6.45) is 0. The molecule has 0 spiro atoms. The predicted molar refractivity (Wildman–Crippen MR) is 207 cm³/mol. The molecule has 0 saturated carbocycles. The Bertz CT molecular complexity index is 2900. The summed E-state index contributed by atoms with van der Waals surface area (Å²) in [5.41, 5.74) is 7.71. The monoisotopic (exact) mass is 642 g/mol. The zero-order chi connectivity index (χ0) is 37.6. The van der Waals surface area contributed by atoms with E-state index in [0.29, 0.717) is 23.0 Å². The van der Waals surface area contributed by atoms with Gasteiger partial charge in [0.2, 0.25) is 0 Å². The van der Waals surface area contributed by atoms with Crippen LogP contribution in [0.1, 0.15) is 6.85 Å². The van der Waals surface area contributed by atoms with Crippen molar-refractivity contribution in [1.29, 1.82) is 0 Å². The van der Waals surface area contributed by atoms with Gasteiger partial charge in [-0.05, 0) is 73.1 Å². The summed E-state index contributed by atoms with van der Waals surface area (Å²) in [4.78, 5) is 15.1. The van der Waals surface area contributed by atoms with Crippen LogP contribution in [0, 0.1) is 0 Å². The second-order valence-corrected chi connectivity index (χ2v) is 12.1. The minimum Gasteiger partial charge on any atom is -0.208 e. The van der Waals surface area contributed by atoms with E-state index in [-0.39, 0.29) is 29.7 Å². The molecule has 0 aliphatic carbocycles. The largest absolute Gasteiger partial charge is 0.208 e. The van der Waals surface area contributed by atoms with Crippen molar-refractivity contribution in [3.8, 4) is 67.5 Å². The molecule has 0 N–H and O–H groups in total. The molecule has 0 atom stereocenters. The van der Waals surface area contributed by atoms with Gasteiger partial charge in [0.05, 0.1) is 6.85 Å². The first kappa shape index (κ1) is 24.4. The molecule has 8 aromatic carbocycles. The predicted octanol–water partition coefficient (Wildman–Crippen LogP) is 12.2. The van der Waals surface area contributed by atoms with Crippen molar-refractivity contribution in [2.45, 2.75) is 0 Å². The van der Waals surface area contributed by atoms with Gasteiger partial charge in [0.25, 0.3) is 0 Å². The Morgan fingerprint density at radius 3 is 1.62 bits per heavy atom. The molecule has 0 aliphatic rings. The van der Waals surface area contributed by atoms with Crippen LogP contribution in [0.15, 0.2) is 188 Å². The van der Waals surface area contributed by atoms with Crippen LogP contribution in [0.3, 0.4) is 0 Å². The van der Waals surface area contributed by atoms with Gasteiger partial charge in [0.15, 0.2) is 17.5 Å². The fourth-order valence-electron chi connectivity index (χ4n) is 6.54. The standard InChI is InChI=1S/C47H31N3/c1-4-13-32(14-5-1)36-23-24-38-30-41(26-25-37(38)29-36)47-49-45(35-18-8-3-9-19-35)48-46(50-47)40-21-12-20-39(31-40)44-42-22-11-10-17-34(42)27-28-43(44)33-15-6-2-7-16-33/h1-31H/i1D,4D,5D,13D,14D. The van der Waals surface area contributed by atoms with Gasteiger partial charge in [-0.3, -0.25) is 0 Å². The summed E-state index contributed by atoms with van der Waals surface area (Å²) in [6, 6.07) is 51.4. The summed E-state index contributed by atoms with van der Waals surface area (Å²) in [7, 11) is 0. The molecule has 0 unspecified atom stereocenters. The molecule has 0 saturated heterocycles. The molecule has 0 bridgehead atoms. The van der Waals surface area contributed by atoms with Gasteiger partial charge in [-0.25, -0.2) is 15.0 Å². The quantitative estimate of drug-likeness (QED) is 0.181. The summed E-state index contributed by atoms with van der Waals surface area (Å²) in [5, 5.41) is 4.06. The maximum Gasteiger partial charge on any atom is 0.164 e. The number of benzene rings is 8. The maximum absolute atomic E-state index is 8.46.